The Balaban J connectivity index is 1.37. The van der Waals surface area contributed by atoms with Gasteiger partial charge in [-0.3, -0.25) is 14.7 Å². The van der Waals surface area contributed by atoms with Crippen molar-refractivity contribution < 1.29 is 14.1 Å². The Kier molecular flexibility index (Phi) is 5.18. The molecule has 1 unspecified atom stereocenters. The molecule has 1 atom stereocenters. The highest BCUT2D eigenvalue weighted by Gasteiger charge is 2.37. The fourth-order valence-electron chi connectivity index (χ4n) is 3.80. The van der Waals surface area contributed by atoms with Gasteiger partial charge in [-0.15, -0.1) is 0 Å². The molecule has 0 radical (unpaired) electrons. The second-order valence-corrected chi connectivity index (χ2v) is 7.25. The van der Waals surface area contributed by atoms with Gasteiger partial charge in [-0.25, -0.2) is 0 Å². The zero-order valence-corrected chi connectivity index (χ0v) is 15.8. The minimum atomic E-state index is -0.0328. The molecule has 2 fully saturated rings. The van der Waals surface area contributed by atoms with Crippen molar-refractivity contribution in [3.05, 3.63) is 41.3 Å². The topological polar surface area (TPSA) is 84.6 Å². The van der Waals surface area contributed by atoms with Crippen molar-refractivity contribution in [2.24, 2.45) is 0 Å². The summed E-state index contributed by atoms with van der Waals surface area (Å²) in [5, 5.41) is 4.18. The van der Waals surface area contributed by atoms with Gasteiger partial charge in [0, 0.05) is 32.9 Å². The van der Waals surface area contributed by atoms with Gasteiger partial charge in [-0.2, -0.15) is 4.98 Å². The van der Waals surface area contributed by atoms with Crippen LogP contribution in [0, 0.1) is 6.92 Å². The first kappa shape index (κ1) is 18.1. The summed E-state index contributed by atoms with van der Waals surface area (Å²) in [6.45, 7) is 5.71. The average molecular weight is 371 g/mol. The smallest absolute Gasteiger partial charge is 0.272 e. The molecule has 0 aromatic carbocycles. The van der Waals surface area contributed by atoms with E-state index in [1.165, 1.54) is 0 Å². The molecule has 27 heavy (non-hydrogen) atoms. The molecule has 0 saturated carbocycles. The molecule has 2 aromatic rings. The number of aromatic nitrogens is 3. The minimum Gasteiger partial charge on any atom is -0.383 e. The lowest BCUT2D eigenvalue weighted by molar-refractivity contribution is 0.0585. The molecule has 2 aliphatic heterocycles. The molecule has 4 rings (SSSR count). The largest absolute Gasteiger partial charge is 0.383 e. The van der Waals surface area contributed by atoms with Crippen LogP contribution in [-0.4, -0.2) is 70.7 Å². The van der Waals surface area contributed by atoms with Crippen LogP contribution < -0.4 is 0 Å². The van der Waals surface area contributed by atoms with E-state index in [2.05, 4.69) is 20.0 Å². The lowest BCUT2D eigenvalue weighted by Crippen LogP contribution is -2.49. The maximum atomic E-state index is 12.6. The zero-order valence-electron chi connectivity index (χ0n) is 15.8. The fraction of sp³-hybridized carbons (Fsp3) is 0.579. The second kappa shape index (κ2) is 7.74. The van der Waals surface area contributed by atoms with Crippen molar-refractivity contribution in [2.75, 3.05) is 39.9 Å². The molecule has 0 N–H and O–H groups in total. The van der Waals surface area contributed by atoms with Crippen molar-refractivity contribution in [3.8, 4) is 0 Å². The first-order chi connectivity index (χ1) is 13.2. The van der Waals surface area contributed by atoms with E-state index in [4.69, 9.17) is 9.26 Å². The summed E-state index contributed by atoms with van der Waals surface area (Å²) in [6.07, 6.45) is 3.81. The average Bonchev–Trinajstić information content (AvgIpc) is 3.28. The Morgan fingerprint density at radius 3 is 3.04 bits per heavy atom. The molecule has 4 heterocycles. The van der Waals surface area contributed by atoms with Crippen LogP contribution in [0.15, 0.2) is 22.9 Å². The van der Waals surface area contributed by atoms with E-state index in [9.17, 15) is 4.79 Å². The Morgan fingerprint density at radius 1 is 1.41 bits per heavy atom. The van der Waals surface area contributed by atoms with Gasteiger partial charge in [0.1, 0.15) is 5.69 Å². The quantitative estimate of drug-likeness (QED) is 0.765. The van der Waals surface area contributed by atoms with Crippen LogP contribution >= 0.6 is 0 Å². The number of rotatable bonds is 6. The van der Waals surface area contributed by atoms with Crippen LogP contribution in [0.1, 0.15) is 52.6 Å². The highest BCUT2D eigenvalue weighted by Crippen LogP contribution is 2.33. The third-order valence-electron chi connectivity index (χ3n) is 5.43. The molecule has 2 aliphatic rings. The van der Waals surface area contributed by atoms with Crippen molar-refractivity contribution in [2.45, 2.75) is 31.7 Å². The lowest BCUT2D eigenvalue weighted by Gasteiger charge is -2.37. The molecular weight excluding hydrogens is 346 g/mol. The number of ether oxygens (including phenoxy) is 1. The van der Waals surface area contributed by atoms with E-state index in [1.54, 1.807) is 18.2 Å². The number of carbonyl (C=O) groups excluding carboxylic acids is 1. The lowest BCUT2D eigenvalue weighted by atomic mass is 9.98. The Hall–Kier alpha value is -2.32. The third kappa shape index (κ3) is 3.59. The van der Waals surface area contributed by atoms with E-state index in [0.717, 1.165) is 31.5 Å². The Morgan fingerprint density at radius 2 is 2.26 bits per heavy atom. The number of hydrogen-bond donors (Lipinski definition) is 0. The predicted octanol–water partition coefficient (Wildman–Crippen LogP) is 1.80. The van der Waals surface area contributed by atoms with Crippen molar-refractivity contribution in [3.63, 3.8) is 0 Å². The van der Waals surface area contributed by atoms with E-state index in [0.29, 0.717) is 37.1 Å². The van der Waals surface area contributed by atoms with Crippen molar-refractivity contribution in [1.82, 2.24) is 24.9 Å². The van der Waals surface area contributed by atoms with Crippen LogP contribution in [0.25, 0.3) is 0 Å². The Bertz CT molecular complexity index is 802. The number of pyridine rings is 1. The molecule has 8 nitrogen and oxygen atoms in total. The summed E-state index contributed by atoms with van der Waals surface area (Å²) in [5.41, 5.74) is 1.41. The summed E-state index contributed by atoms with van der Waals surface area (Å²) in [4.78, 5) is 25.5. The van der Waals surface area contributed by atoms with E-state index < -0.39 is 0 Å². The maximum Gasteiger partial charge on any atom is 0.272 e. The molecule has 144 valence electrons. The fourth-order valence-corrected chi connectivity index (χ4v) is 3.80. The summed E-state index contributed by atoms with van der Waals surface area (Å²) < 4.78 is 10.7. The maximum absolute atomic E-state index is 12.6. The SMILES string of the molecule is COCCN1CCCC1c1nc(C2CN(C(=O)c3ncccc3C)C2)no1. The highest BCUT2D eigenvalue weighted by molar-refractivity contribution is 5.94. The normalized spacial score (nSPS) is 20.8. The van der Waals surface area contributed by atoms with Gasteiger partial charge in [-0.05, 0) is 37.9 Å². The van der Waals surface area contributed by atoms with Crippen LogP contribution in [-0.2, 0) is 4.74 Å². The third-order valence-corrected chi connectivity index (χ3v) is 5.43. The zero-order chi connectivity index (χ0) is 18.8. The molecule has 1 amide bonds. The van der Waals surface area contributed by atoms with Gasteiger partial charge in [0.15, 0.2) is 5.82 Å². The molecule has 2 saturated heterocycles. The molecule has 8 heteroatoms. The van der Waals surface area contributed by atoms with Crippen LogP contribution in [0.5, 0.6) is 0 Å². The first-order valence-corrected chi connectivity index (χ1v) is 9.44. The highest BCUT2D eigenvalue weighted by atomic mass is 16.5. The van der Waals surface area contributed by atoms with Gasteiger partial charge in [0.2, 0.25) is 5.89 Å². The monoisotopic (exact) mass is 371 g/mol. The minimum absolute atomic E-state index is 0.0328. The second-order valence-electron chi connectivity index (χ2n) is 7.25. The predicted molar refractivity (Wildman–Crippen MR) is 97.3 cm³/mol. The van der Waals surface area contributed by atoms with E-state index in [-0.39, 0.29) is 17.9 Å². The molecule has 0 spiro atoms. The Labute approximate surface area is 158 Å². The molecular formula is C19H25N5O3. The van der Waals surface area contributed by atoms with Gasteiger partial charge in [0.05, 0.1) is 18.6 Å². The van der Waals surface area contributed by atoms with Crippen molar-refractivity contribution in [1.29, 1.82) is 0 Å². The number of carbonyl (C=O) groups is 1. The van der Waals surface area contributed by atoms with Crippen LogP contribution in [0.3, 0.4) is 0 Å². The van der Waals surface area contributed by atoms with Gasteiger partial charge >= 0.3 is 0 Å². The summed E-state index contributed by atoms with van der Waals surface area (Å²) >= 11 is 0. The number of likely N-dealkylation sites (tertiary alicyclic amines) is 2. The first-order valence-electron chi connectivity index (χ1n) is 9.44. The van der Waals surface area contributed by atoms with Crippen LogP contribution in [0.2, 0.25) is 0 Å². The van der Waals surface area contributed by atoms with Gasteiger partial charge < -0.3 is 14.2 Å². The number of hydrogen-bond acceptors (Lipinski definition) is 7. The van der Waals surface area contributed by atoms with Gasteiger partial charge in [-0.1, -0.05) is 11.2 Å². The van der Waals surface area contributed by atoms with E-state index >= 15 is 0 Å². The van der Waals surface area contributed by atoms with Gasteiger partial charge in [0.25, 0.3) is 5.91 Å². The number of aryl methyl sites for hydroxylation is 1. The van der Waals surface area contributed by atoms with E-state index in [1.807, 2.05) is 19.1 Å². The molecule has 2 aromatic heterocycles. The van der Waals surface area contributed by atoms with Crippen LogP contribution in [0.4, 0.5) is 0 Å². The number of nitrogens with zero attached hydrogens (tertiary/aromatic N) is 5. The van der Waals surface area contributed by atoms with Crippen molar-refractivity contribution >= 4 is 5.91 Å². The summed E-state index contributed by atoms with van der Waals surface area (Å²) in [7, 11) is 1.71. The summed E-state index contributed by atoms with van der Waals surface area (Å²) in [6, 6.07) is 3.92. The standard InChI is InChI=1S/C19H25N5O3/c1-13-5-3-7-20-16(13)19(25)24-11-14(12-24)17-21-18(27-22-17)15-6-4-8-23(15)9-10-26-2/h3,5,7,14-15H,4,6,8-12H2,1-2H3. The molecule has 0 aliphatic carbocycles. The number of methoxy groups -OCH3 is 1. The summed E-state index contributed by atoms with van der Waals surface area (Å²) in [5.74, 6) is 1.48. The number of amides is 1. The molecule has 0 bridgehead atoms.